The van der Waals surface area contributed by atoms with Crippen molar-refractivity contribution in [3.8, 4) is 5.75 Å². The summed E-state index contributed by atoms with van der Waals surface area (Å²) in [7, 11) is -4.20. The standard InChI is InChI=1S/C13H18F3NO3S/c1-8(13(14,15)16)20-11-9(12(2,3)4)6-5-7-10(11)21(17,18)19/h5-8H,1-4H3,(H2,17,18,19). The molecule has 0 heterocycles. The predicted molar refractivity (Wildman–Crippen MR) is 72.7 cm³/mol. The molecule has 4 nitrogen and oxygen atoms in total. The first-order chi connectivity index (χ1) is 9.24. The Morgan fingerprint density at radius 3 is 2.10 bits per heavy atom. The first-order valence-corrected chi connectivity index (χ1v) is 7.69. The minimum absolute atomic E-state index is 0.338. The first-order valence-electron chi connectivity index (χ1n) is 6.14. The van der Waals surface area contributed by atoms with Crippen LogP contribution in [0.4, 0.5) is 13.2 Å². The molecule has 0 saturated heterocycles. The maximum atomic E-state index is 12.7. The molecule has 1 rings (SSSR count). The zero-order valence-electron chi connectivity index (χ0n) is 12.2. The summed E-state index contributed by atoms with van der Waals surface area (Å²) < 4.78 is 66.1. The number of rotatable bonds is 3. The van der Waals surface area contributed by atoms with Gasteiger partial charge in [0, 0.05) is 5.56 Å². The molecule has 0 aromatic heterocycles. The average Bonchev–Trinajstić information content (AvgIpc) is 2.24. The van der Waals surface area contributed by atoms with Crippen LogP contribution in [-0.2, 0) is 15.4 Å². The summed E-state index contributed by atoms with van der Waals surface area (Å²) in [6.07, 6.45) is -6.76. The van der Waals surface area contributed by atoms with Crippen molar-refractivity contribution in [2.24, 2.45) is 5.14 Å². The number of halogens is 3. The monoisotopic (exact) mass is 325 g/mol. The first kappa shape index (κ1) is 17.8. The summed E-state index contributed by atoms with van der Waals surface area (Å²) in [5.74, 6) is -0.350. The van der Waals surface area contributed by atoms with E-state index in [4.69, 9.17) is 9.88 Å². The SMILES string of the molecule is CC(Oc1c(C(C)(C)C)cccc1S(N)(=O)=O)C(F)(F)F. The van der Waals surface area contributed by atoms with Gasteiger partial charge in [0.15, 0.2) is 6.10 Å². The summed E-state index contributed by atoms with van der Waals surface area (Å²) in [4.78, 5) is -0.453. The van der Waals surface area contributed by atoms with E-state index in [1.807, 2.05) is 0 Å². The average molecular weight is 325 g/mol. The summed E-state index contributed by atoms with van der Waals surface area (Å²) >= 11 is 0. The number of ether oxygens (including phenoxy) is 1. The van der Waals surface area contributed by atoms with Gasteiger partial charge in [0.2, 0.25) is 10.0 Å². The summed E-state index contributed by atoms with van der Waals surface area (Å²) in [6, 6.07) is 4.07. The van der Waals surface area contributed by atoms with Crippen LogP contribution in [0.1, 0.15) is 33.3 Å². The van der Waals surface area contributed by atoms with Crippen molar-refractivity contribution in [3.63, 3.8) is 0 Å². The Bertz CT molecular complexity index is 619. The van der Waals surface area contributed by atoms with Crippen LogP contribution in [0.5, 0.6) is 5.75 Å². The van der Waals surface area contributed by atoms with Crippen LogP contribution in [0.3, 0.4) is 0 Å². The highest BCUT2D eigenvalue weighted by Gasteiger charge is 2.40. The van der Waals surface area contributed by atoms with Crippen LogP contribution < -0.4 is 9.88 Å². The lowest BCUT2D eigenvalue weighted by atomic mass is 9.86. The molecule has 0 aliphatic heterocycles. The number of primary sulfonamides is 1. The molecule has 8 heteroatoms. The van der Waals surface area contributed by atoms with Crippen LogP contribution >= 0.6 is 0 Å². The fourth-order valence-electron chi connectivity index (χ4n) is 1.70. The van der Waals surface area contributed by atoms with Crippen LogP contribution in [0, 0.1) is 0 Å². The molecule has 0 radical (unpaired) electrons. The molecule has 0 saturated carbocycles. The van der Waals surface area contributed by atoms with Crippen LogP contribution in [0.15, 0.2) is 23.1 Å². The lowest BCUT2D eigenvalue weighted by molar-refractivity contribution is -0.189. The molecule has 21 heavy (non-hydrogen) atoms. The van der Waals surface area contributed by atoms with E-state index < -0.39 is 32.6 Å². The Labute approximate surface area is 122 Å². The molecule has 1 atom stereocenters. The van der Waals surface area contributed by atoms with Gasteiger partial charge in [-0.15, -0.1) is 0 Å². The van der Waals surface area contributed by atoms with E-state index in [0.717, 1.165) is 13.0 Å². The zero-order chi connectivity index (χ0) is 16.6. The quantitative estimate of drug-likeness (QED) is 0.929. The number of sulfonamides is 1. The van der Waals surface area contributed by atoms with Gasteiger partial charge in [-0.3, -0.25) is 0 Å². The van der Waals surface area contributed by atoms with E-state index in [-0.39, 0.29) is 5.75 Å². The molecule has 0 aliphatic carbocycles. The van der Waals surface area contributed by atoms with Gasteiger partial charge in [0.05, 0.1) is 0 Å². The highest BCUT2D eigenvalue weighted by molar-refractivity contribution is 7.89. The second-order valence-electron chi connectivity index (χ2n) is 5.73. The van der Waals surface area contributed by atoms with E-state index in [2.05, 4.69) is 0 Å². The second kappa shape index (κ2) is 5.49. The van der Waals surface area contributed by atoms with Crippen LogP contribution in [-0.4, -0.2) is 20.7 Å². The number of nitrogens with two attached hydrogens (primary N) is 1. The lowest BCUT2D eigenvalue weighted by Gasteiger charge is -2.27. The molecule has 0 bridgehead atoms. The van der Waals surface area contributed by atoms with Gasteiger partial charge in [-0.1, -0.05) is 32.9 Å². The van der Waals surface area contributed by atoms with Gasteiger partial charge in [0.1, 0.15) is 10.6 Å². The fraction of sp³-hybridized carbons (Fsp3) is 0.538. The van der Waals surface area contributed by atoms with Gasteiger partial charge < -0.3 is 4.74 Å². The predicted octanol–water partition coefficient (Wildman–Crippen LogP) is 2.96. The van der Waals surface area contributed by atoms with E-state index in [0.29, 0.717) is 5.56 Å². The molecular formula is C13H18F3NO3S. The molecule has 1 unspecified atom stereocenters. The lowest BCUT2D eigenvalue weighted by Crippen LogP contribution is -2.33. The number of para-hydroxylation sites is 1. The van der Waals surface area contributed by atoms with Crippen molar-refractivity contribution in [2.45, 2.75) is 50.3 Å². The Morgan fingerprint density at radius 1 is 1.19 bits per heavy atom. The summed E-state index contributed by atoms with van der Waals surface area (Å²) in [5, 5.41) is 5.07. The number of alkyl halides is 3. The highest BCUT2D eigenvalue weighted by atomic mass is 32.2. The maximum absolute atomic E-state index is 12.7. The topological polar surface area (TPSA) is 69.4 Å². The zero-order valence-corrected chi connectivity index (χ0v) is 13.0. The van der Waals surface area contributed by atoms with E-state index in [1.54, 1.807) is 20.8 Å². The van der Waals surface area contributed by atoms with E-state index in [1.165, 1.54) is 12.1 Å². The molecule has 0 spiro atoms. The largest absolute Gasteiger partial charge is 0.480 e. The van der Waals surface area contributed by atoms with E-state index in [9.17, 15) is 21.6 Å². The molecule has 1 aromatic carbocycles. The smallest absolute Gasteiger partial charge is 0.425 e. The van der Waals surface area contributed by atoms with Crippen molar-refractivity contribution in [1.29, 1.82) is 0 Å². The number of benzene rings is 1. The highest BCUT2D eigenvalue weighted by Crippen LogP contribution is 2.38. The number of hydrogen-bond acceptors (Lipinski definition) is 3. The molecule has 0 fully saturated rings. The van der Waals surface area contributed by atoms with Crippen molar-refractivity contribution < 1.29 is 26.3 Å². The maximum Gasteiger partial charge on any atom is 0.425 e. The molecule has 0 amide bonds. The van der Waals surface area contributed by atoms with Crippen molar-refractivity contribution in [3.05, 3.63) is 23.8 Å². The Morgan fingerprint density at radius 2 is 1.71 bits per heavy atom. The molecule has 0 aliphatic rings. The van der Waals surface area contributed by atoms with Gasteiger partial charge in [0.25, 0.3) is 0 Å². The van der Waals surface area contributed by atoms with Crippen molar-refractivity contribution >= 4 is 10.0 Å². The van der Waals surface area contributed by atoms with Gasteiger partial charge in [-0.25, -0.2) is 13.6 Å². The van der Waals surface area contributed by atoms with Gasteiger partial charge in [-0.2, -0.15) is 13.2 Å². The Hall–Kier alpha value is -1.28. The Kier molecular flexibility index (Phi) is 4.65. The summed E-state index contributed by atoms with van der Waals surface area (Å²) in [6.45, 7) is 6.02. The number of hydrogen-bond donors (Lipinski definition) is 1. The van der Waals surface area contributed by atoms with Crippen molar-refractivity contribution in [1.82, 2.24) is 0 Å². The van der Waals surface area contributed by atoms with Gasteiger partial charge in [-0.05, 0) is 18.4 Å². The molecule has 2 N–H and O–H groups in total. The second-order valence-corrected chi connectivity index (χ2v) is 7.26. The van der Waals surface area contributed by atoms with Crippen LogP contribution in [0.25, 0.3) is 0 Å². The van der Waals surface area contributed by atoms with Crippen LogP contribution in [0.2, 0.25) is 0 Å². The third-order valence-electron chi connectivity index (χ3n) is 2.85. The summed E-state index contributed by atoms with van der Waals surface area (Å²) in [5.41, 5.74) is -0.272. The van der Waals surface area contributed by atoms with Gasteiger partial charge >= 0.3 is 6.18 Å². The van der Waals surface area contributed by atoms with Crippen molar-refractivity contribution in [2.75, 3.05) is 0 Å². The minimum Gasteiger partial charge on any atom is -0.480 e. The minimum atomic E-state index is -4.61. The third-order valence-corrected chi connectivity index (χ3v) is 3.78. The third kappa shape index (κ3) is 4.34. The molecule has 1 aromatic rings. The molecular weight excluding hydrogens is 307 g/mol. The van der Waals surface area contributed by atoms with E-state index >= 15 is 0 Å². The fourth-order valence-corrected chi connectivity index (χ4v) is 2.38. The molecule has 120 valence electrons. The Balaban J connectivity index is 3.52. The normalized spacial score (nSPS) is 14.9.